The molecule has 3 N–H and O–H groups in total. The van der Waals surface area contributed by atoms with E-state index in [1.807, 2.05) is 40.7 Å². The van der Waals surface area contributed by atoms with Gasteiger partial charge < -0.3 is 16.0 Å². The molecule has 0 unspecified atom stereocenters. The molecule has 8 heteroatoms. The summed E-state index contributed by atoms with van der Waals surface area (Å²) in [6.07, 6.45) is 6.66. The molecule has 1 saturated carbocycles. The maximum absolute atomic E-state index is 14.2. The lowest BCUT2D eigenvalue weighted by atomic mass is 9.97. The summed E-state index contributed by atoms with van der Waals surface area (Å²) < 4.78 is 16.0. The van der Waals surface area contributed by atoms with Crippen LogP contribution < -0.4 is 16.0 Å². The smallest absolute Gasteiger partial charge is 0.148 e. The number of nitrogens with zero attached hydrogens (tertiary/aromatic N) is 4. The van der Waals surface area contributed by atoms with E-state index in [4.69, 9.17) is 11.0 Å². The molecular formula is C27H33FN6S. The zero-order valence-electron chi connectivity index (χ0n) is 20.2. The third-order valence-corrected chi connectivity index (χ3v) is 7.39. The number of hydrogen-bond donors (Lipinski definition) is 2. The van der Waals surface area contributed by atoms with E-state index in [9.17, 15) is 4.39 Å². The van der Waals surface area contributed by atoms with E-state index in [0.717, 1.165) is 41.7 Å². The predicted octanol–water partition coefficient (Wildman–Crippen LogP) is 5.42. The summed E-state index contributed by atoms with van der Waals surface area (Å²) in [5, 5.41) is 16.7. The second-order valence-electron chi connectivity index (χ2n) is 8.90. The van der Waals surface area contributed by atoms with Gasteiger partial charge in [-0.05, 0) is 43.2 Å². The number of aromatic nitrogens is 2. The first kappa shape index (κ1) is 25.1. The van der Waals surface area contributed by atoms with Gasteiger partial charge in [-0.15, -0.1) is 5.10 Å². The molecule has 6 nitrogen and oxygen atoms in total. The van der Waals surface area contributed by atoms with Crippen LogP contribution >= 0.6 is 11.8 Å². The van der Waals surface area contributed by atoms with E-state index in [1.54, 1.807) is 13.1 Å². The van der Waals surface area contributed by atoms with E-state index in [0.29, 0.717) is 17.4 Å². The molecule has 0 spiro atoms. The van der Waals surface area contributed by atoms with Gasteiger partial charge in [0, 0.05) is 55.0 Å². The molecule has 1 aliphatic carbocycles. The number of nitrogens with two attached hydrogens (primary N) is 1. The summed E-state index contributed by atoms with van der Waals surface area (Å²) in [4.78, 5) is 2.38. The van der Waals surface area contributed by atoms with Gasteiger partial charge in [0.05, 0.1) is 16.9 Å². The molecule has 0 atom stereocenters. The SMILES string of the molecule is CNc1cc(-c2ccc(C#N)c(F)c2)n(-c2cccc(N3CCSCC3)c2)n1.NC1CCCCC1. The van der Waals surface area contributed by atoms with Crippen molar-refractivity contribution in [3.8, 4) is 23.0 Å². The molecule has 2 heterocycles. The van der Waals surface area contributed by atoms with Crippen LogP contribution in [0, 0.1) is 17.1 Å². The summed E-state index contributed by atoms with van der Waals surface area (Å²) >= 11 is 1.98. The largest absolute Gasteiger partial charge is 0.372 e. The van der Waals surface area contributed by atoms with Gasteiger partial charge in [0.2, 0.25) is 0 Å². The Balaban J connectivity index is 0.000000356. The number of hydrogen-bond acceptors (Lipinski definition) is 6. The molecular weight excluding hydrogens is 459 g/mol. The van der Waals surface area contributed by atoms with Crippen molar-refractivity contribution in [1.29, 1.82) is 5.26 Å². The molecule has 2 fully saturated rings. The minimum atomic E-state index is -0.529. The van der Waals surface area contributed by atoms with Crippen LogP contribution in [0.15, 0.2) is 48.5 Å². The first-order valence-corrected chi connectivity index (χ1v) is 13.4. The molecule has 0 bridgehead atoms. The van der Waals surface area contributed by atoms with Crippen molar-refractivity contribution in [3.05, 3.63) is 59.9 Å². The zero-order valence-corrected chi connectivity index (χ0v) is 21.0. The van der Waals surface area contributed by atoms with Crippen LogP contribution in [0.3, 0.4) is 0 Å². The summed E-state index contributed by atoms with van der Waals surface area (Å²) in [6.45, 7) is 2.06. The van der Waals surface area contributed by atoms with Gasteiger partial charge in [-0.25, -0.2) is 9.07 Å². The van der Waals surface area contributed by atoms with E-state index in [2.05, 4.69) is 27.4 Å². The Morgan fingerprint density at radius 3 is 2.43 bits per heavy atom. The highest BCUT2D eigenvalue weighted by atomic mass is 32.2. The van der Waals surface area contributed by atoms with Gasteiger partial charge in [0.15, 0.2) is 0 Å². The Bertz CT molecular complexity index is 1160. The Kier molecular flexibility index (Phi) is 8.67. The Morgan fingerprint density at radius 1 is 1.06 bits per heavy atom. The van der Waals surface area contributed by atoms with Crippen LogP contribution in [0.4, 0.5) is 15.9 Å². The average molecular weight is 493 g/mol. The van der Waals surface area contributed by atoms with Gasteiger partial charge in [-0.3, -0.25) is 0 Å². The Labute approximate surface area is 211 Å². The summed E-state index contributed by atoms with van der Waals surface area (Å²) in [7, 11) is 1.80. The van der Waals surface area contributed by atoms with E-state index in [-0.39, 0.29) is 5.56 Å². The molecule has 3 aromatic rings. The van der Waals surface area contributed by atoms with Gasteiger partial charge in [0.1, 0.15) is 17.7 Å². The summed E-state index contributed by atoms with van der Waals surface area (Å²) in [5.41, 5.74) is 9.18. The second kappa shape index (κ2) is 12.1. The third kappa shape index (κ3) is 6.36. The lowest BCUT2D eigenvalue weighted by molar-refractivity contribution is 0.441. The Morgan fingerprint density at radius 2 is 1.80 bits per heavy atom. The maximum Gasteiger partial charge on any atom is 0.148 e. The van der Waals surface area contributed by atoms with Crippen molar-refractivity contribution in [2.75, 3.05) is 41.9 Å². The first-order chi connectivity index (χ1) is 17.1. The molecule has 0 radical (unpaired) electrons. The number of rotatable bonds is 4. The summed E-state index contributed by atoms with van der Waals surface area (Å²) in [6, 6.07) is 17.2. The van der Waals surface area contributed by atoms with Crippen LogP contribution in [0.25, 0.3) is 16.9 Å². The predicted molar refractivity (Wildman–Crippen MR) is 144 cm³/mol. The molecule has 5 rings (SSSR count). The fraction of sp³-hybridized carbons (Fsp3) is 0.407. The van der Waals surface area contributed by atoms with Gasteiger partial charge >= 0.3 is 0 Å². The molecule has 2 aromatic carbocycles. The number of anilines is 2. The number of nitrogens with one attached hydrogen (secondary N) is 1. The lowest BCUT2D eigenvalue weighted by Gasteiger charge is -2.28. The van der Waals surface area contributed by atoms with Crippen molar-refractivity contribution < 1.29 is 4.39 Å². The van der Waals surface area contributed by atoms with Gasteiger partial charge in [0.25, 0.3) is 0 Å². The highest BCUT2D eigenvalue weighted by molar-refractivity contribution is 7.99. The van der Waals surface area contributed by atoms with Crippen molar-refractivity contribution in [3.63, 3.8) is 0 Å². The highest BCUT2D eigenvalue weighted by Crippen LogP contribution is 2.29. The first-order valence-electron chi connectivity index (χ1n) is 12.3. The fourth-order valence-corrected chi connectivity index (χ4v) is 5.35. The van der Waals surface area contributed by atoms with Crippen molar-refractivity contribution in [1.82, 2.24) is 9.78 Å². The molecule has 0 amide bonds. The highest BCUT2D eigenvalue weighted by Gasteiger charge is 2.16. The van der Waals surface area contributed by atoms with E-state index in [1.165, 1.54) is 44.2 Å². The molecule has 1 aromatic heterocycles. The third-order valence-electron chi connectivity index (χ3n) is 6.45. The van der Waals surface area contributed by atoms with Crippen LogP contribution in [0.1, 0.15) is 37.7 Å². The molecule has 1 saturated heterocycles. The van der Waals surface area contributed by atoms with Gasteiger partial charge in [-0.2, -0.15) is 17.0 Å². The zero-order chi connectivity index (χ0) is 24.6. The topological polar surface area (TPSA) is 82.9 Å². The summed E-state index contributed by atoms with van der Waals surface area (Å²) in [5.74, 6) is 2.43. The van der Waals surface area contributed by atoms with E-state index >= 15 is 0 Å². The monoisotopic (exact) mass is 492 g/mol. The van der Waals surface area contributed by atoms with Crippen molar-refractivity contribution >= 4 is 23.3 Å². The number of benzene rings is 2. The number of halogens is 1. The normalized spacial score (nSPS) is 16.2. The van der Waals surface area contributed by atoms with Crippen molar-refractivity contribution in [2.24, 2.45) is 5.73 Å². The minimum Gasteiger partial charge on any atom is -0.372 e. The minimum absolute atomic E-state index is 0.0358. The van der Waals surface area contributed by atoms with Crippen LogP contribution in [-0.4, -0.2) is 47.5 Å². The average Bonchev–Trinajstić information content (AvgIpc) is 3.35. The molecule has 2 aliphatic rings. The molecule has 184 valence electrons. The molecule has 1 aliphatic heterocycles. The van der Waals surface area contributed by atoms with E-state index < -0.39 is 5.82 Å². The lowest BCUT2D eigenvalue weighted by Crippen LogP contribution is -2.32. The van der Waals surface area contributed by atoms with Crippen LogP contribution in [0.2, 0.25) is 0 Å². The van der Waals surface area contributed by atoms with Crippen LogP contribution in [0.5, 0.6) is 0 Å². The fourth-order valence-electron chi connectivity index (χ4n) is 4.45. The number of nitriles is 1. The maximum atomic E-state index is 14.2. The second-order valence-corrected chi connectivity index (χ2v) is 10.1. The quantitative estimate of drug-likeness (QED) is 0.506. The van der Waals surface area contributed by atoms with Crippen molar-refractivity contribution in [2.45, 2.75) is 38.1 Å². The van der Waals surface area contributed by atoms with Gasteiger partial charge in [-0.1, -0.05) is 31.4 Å². The standard InChI is InChI=1S/C21H20FN5S.C6H13N/c1-24-21-13-20(15-5-6-16(14-23)19(22)11-15)27(25-21)18-4-2-3-17(12-18)26-7-9-28-10-8-26;7-6-4-2-1-3-5-6/h2-6,11-13H,7-10H2,1H3,(H,24,25);6H,1-5,7H2. The number of thioether (sulfide) groups is 1. The Hall–Kier alpha value is -3.02. The van der Waals surface area contributed by atoms with Crippen LogP contribution in [-0.2, 0) is 0 Å². The molecule has 35 heavy (non-hydrogen) atoms.